The van der Waals surface area contributed by atoms with Crippen LogP contribution in [0.2, 0.25) is 0 Å². The molecule has 0 aliphatic carbocycles. The summed E-state index contributed by atoms with van der Waals surface area (Å²) in [6.45, 7) is 2.09. The second-order valence-corrected chi connectivity index (χ2v) is 5.39. The van der Waals surface area contributed by atoms with Crippen molar-refractivity contribution in [2.75, 3.05) is 11.1 Å². The minimum absolute atomic E-state index is 0.225. The van der Waals surface area contributed by atoms with Crippen molar-refractivity contribution >= 4 is 45.0 Å². The molecular weight excluding hydrogens is 258 g/mol. The molecule has 3 rings (SSSR count). The van der Waals surface area contributed by atoms with Crippen molar-refractivity contribution in [3.8, 4) is 0 Å². The molecule has 0 bridgehead atoms. The number of amides is 1. The number of thioether (sulfide) groups is 1. The molecule has 0 radical (unpaired) electrons. The van der Waals surface area contributed by atoms with Gasteiger partial charge in [-0.15, -0.1) is 0 Å². The van der Waals surface area contributed by atoms with E-state index < -0.39 is 0 Å². The number of benzene rings is 2. The molecule has 2 aromatic rings. The monoisotopic (exact) mass is 271 g/mol. The molecule has 2 aromatic carbocycles. The Hall–Kier alpha value is -2.01. The Morgan fingerprint density at radius 1 is 1.37 bits per heavy atom. The summed E-state index contributed by atoms with van der Waals surface area (Å²) in [5.74, 6) is -0.120. The fourth-order valence-electron chi connectivity index (χ4n) is 2.19. The van der Waals surface area contributed by atoms with Crippen LogP contribution in [0.4, 0.5) is 11.4 Å². The molecular formula is C14H13N3OS. The van der Waals surface area contributed by atoms with Gasteiger partial charge >= 0.3 is 0 Å². The molecule has 1 aliphatic heterocycles. The van der Waals surface area contributed by atoms with Crippen molar-refractivity contribution < 1.29 is 4.79 Å². The van der Waals surface area contributed by atoms with E-state index in [1.54, 1.807) is 0 Å². The summed E-state index contributed by atoms with van der Waals surface area (Å²) in [7, 11) is 0. The Bertz CT molecular complexity index is 709. The number of amidine groups is 1. The van der Waals surface area contributed by atoms with Crippen molar-refractivity contribution in [2.24, 2.45) is 10.7 Å². The van der Waals surface area contributed by atoms with Crippen LogP contribution < -0.4 is 11.1 Å². The summed E-state index contributed by atoms with van der Waals surface area (Å²) in [5.41, 5.74) is 8.34. The highest BCUT2D eigenvalue weighted by Gasteiger charge is 2.15. The number of anilines is 1. The largest absolute Gasteiger partial charge is 0.369 e. The highest BCUT2D eigenvalue weighted by Crippen LogP contribution is 2.38. The standard InChI is InChI=1S/C14H13N3OS/c1-8-5-6-11-13-9(8)3-2-4-10(13)16-14(17-11)19-7-12(15)18/h2-6H,7H2,1H3,(H2,15,18)(H,16,17). The van der Waals surface area contributed by atoms with Crippen molar-refractivity contribution in [2.45, 2.75) is 6.92 Å². The molecule has 96 valence electrons. The Labute approximate surface area is 115 Å². The summed E-state index contributed by atoms with van der Waals surface area (Å²) in [6, 6.07) is 10.2. The molecule has 1 heterocycles. The fourth-order valence-corrected chi connectivity index (χ4v) is 2.82. The molecule has 0 saturated carbocycles. The number of aryl methyl sites for hydroxylation is 1. The number of hydrogen-bond acceptors (Lipinski definition) is 4. The second kappa shape index (κ2) is 4.59. The van der Waals surface area contributed by atoms with Gasteiger partial charge in [0, 0.05) is 5.39 Å². The summed E-state index contributed by atoms with van der Waals surface area (Å²) < 4.78 is 0. The third kappa shape index (κ3) is 2.17. The normalized spacial score (nSPS) is 13.0. The Morgan fingerprint density at radius 2 is 2.21 bits per heavy atom. The SMILES string of the molecule is Cc1ccc2c3c(cccc13)NC(SCC(N)=O)=N2. The molecule has 0 aromatic heterocycles. The molecule has 0 atom stereocenters. The molecule has 3 N–H and O–H groups in total. The minimum Gasteiger partial charge on any atom is -0.369 e. The fraction of sp³-hybridized carbons (Fsp3) is 0.143. The maximum absolute atomic E-state index is 10.8. The van der Waals surface area contributed by atoms with E-state index in [9.17, 15) is 4.79 Å². The van der Waals surface area contributed by atoms with Crippen LogP contribution in [0.25, 0.3) is 10.8 Å². The van der Waals surface area contributed by atoms with E-state index in [1.165, 1.54) is 22.7 Å². The van der Waals surface area contributed by atoms with Crippen molar-refractivity contribution in [1.82, 2.24) is 0 Å². The Balaban J connectivity index is 2.08. The van der Waals surface area contributed by atoms with Gasteiger partial charge < -0.3 is 11.1 Å². The highest BCUT2D eigenvalue weighted by molar-refractivity contribution is 8.14. The smallest absolute Gasteiger partial charge is 0.227 e. The summed E-state index contributed by atoms with van der Waals surface area (Å²) in [4.78, 5) is 15.4. The van der Waals surface area contributed by atoms with E-state index in [1.807, 2.05) is 18.2 Å². The third-order valence-electron chi connectivity index (χ3n) is 3.05. The van der Waals surface area contributed by atoms with Gasteiger partial charge in [0.15, 0.2) is 5.17 Å². The number of carbonyl (C=O) groups is 1. The molecule has 0 fully saturated rings. The van der Waals surface area contributed by atoms with Crippen molar-refractivity contribution in [3.63, 3.8) is 0 Å². The van der Waals surface area contributed by atoms with Gasteiger partial charge in [-0.25, -0.2) is 4.99 Å². The molecule has 19 heavy (non-hydrogen) atoms. The number of primary amides is 1. The van der Waals surface area contributed by atoms with E-state index in [2.05, 4.69) is 29.4 Å². The summed E-state index contributed by atoms with van der Waals surface area (Å²) in [5, 5.41) is 6.29. The topological polar surface area (TPSA) is 67.5 Å². The predicted octanol–water partition coefficient (Wildman–Crippen LogP) is 2.78. The number of nitrogens with zero attached hydrogens (tertiary/aromatic N) is 1. The van der Waals surface area contributed by atoms with Crippen LogP contribution in [-0.2, 0) is 4.79 Å². The minimum atomic E-state index is -0.345. The lowest BCUT2D eigenvalue weighted by Crippen LogP contribution is -2.18. The van der Waals surface area contributed by atoms with Crippen LogP contribution in [-0.4, -0.2) is 16.8 Å². The molecule has 0 spiro atoms. The van der Waals surface area contributed by atoms with Crippen LogP contribution in [0.1, 0.15) is 5.56 Å². The number of nitrogens with two attached hydrogens (primary N) is 1. The summed E-state index contributed by atoms with van der Waals surface area (Å²) >= 11 is 1.32. The first-order valence-electron chi connectivity index (χ1n) is 5.94. The van der Waals surface area contributed by atoms with Crippen LogP contribution in [0.15, 0.2) is 35.3 Å². The van der Waals surface area contributed by atoms with Gasteiger partial charge in [-0.05, 0) is 30.0 Å². The first kappa shape index (κ1) is 12.0. The molecule has 1 amide bonds. The molecule has 0 saturated heterocycles. The lowest BCUT2D eigenvalue weighted by atomic mass is 10.0. The number of rotatable bonds is 2. The maximum Gasteiger partial charge on any atom is 0.227 e. The number of nitrogens with one attached hydrogen (secondary N) is 1. The quantitative estimate of drug-likeness (QED) is 0.882. The Kier molecular flexibility index (Phi) is 2.91. The van der Waals surface area contributed by atoms with Gasteiger partial charge in [0.25, 0.3) is 0 Å². The van der Waals surface area contributed by atoms with E-state index in [-0.39, 0.29) is 11.7 Å². The highest BCUT2D eigenvalue weighted by atomic mass is 32.2. The van der Waals surface area contributed by atoms with Crippen LogP contribution in [0.5, 0.6) is 0 Å². The number of hydrogen-bond donors (Lipinski definition) is 2. The predicted molar refractivity (Wildman–Crippen MR) is 81.1 cm³/mol. The maximum atomic E-state index is 10.8. The van der Waals surface area contributed by atoms with Crippen molar-refractivity contribution in [1.29, 1.82) is 0 Å². The average Bonchev–Trinajstić information content (AvgIpc) is 2.40. The molecule has 5 heteroatoms. The Morgan fingerprint density at radius 3 is 3.00 bits per heavy atom. The van der Waals surface area contributed by atoms with Gasteiger partial charge in [0.2, 0.25) is 5.91 Å². The van der Waals surface area contributed by atoms with Crippen LogP contribution in [0.3, 0.4) is 0 Å². The van der Waals surface area contributed by atoms with Crippen LogP contribution in [0, 0.1) is 6.92 Å². The van der Waals surface area contributed by atoms with E-state index in [0.29, 0.717) is 5.17 Å². The van der Waals surface area contributed by atoms with Gasteiger partial charge in [0.05, 0.1) is 17.1 Å². The second-order valence-electron chi connectivity index (χ2n) is 4.43. The van der Waals surface area contributed by atoms with Gasteiger partial charge in [-0.1, -0.05) is 30.0 Å². The van der Waals surface area contributed by atoms with Gasteiger partial charge in [-0.2, -0.15) is 0 Å². The first-order chi connectivity index (χ1) is 9.15. The average molecular weight is 271 g/mol. The lowest BCUT2D eigenvalue weighted by molar-refractivity contribution is -0.115. The molecule has 0 unspecified atom stereocenters. The van der Waals surface area contributed by atoms with Crippen molar-refractivity contribution in [3.05, 3.63) is 35.9 Å². The molecule has 1 aliphatic rings. The van der Waals surface area contributed by atoms with E-state index >= 15 is 0 Å². The molecule has 4 nitrogen and oxygen atoms in total. The van der Waals surface area contributed by atoms with Gasteiger partial charge in [-0.3, -0.25) is 4.79 Å². The van der Waals surface area contributed by atoms with Gasteiger partial charge in [0.1, 0.15) is 0 Å². The third-order valence-corrected chi connectivity index (χ3v) is 3.95. The van der Waals surface area contributed by atoms with Crippen LogP contribution >= 0.6 is 11.8 Å². The summed E-state index contributed by atoms with van der Waals surface area (Å²) in [6.07, 6.45) is 0. The number of aliphatic imine (C=N–C) groups is 1. The number of carbonyl (C=O) groups excluding carboxylic acids is 1. The van der Waals surface area contributed by atoms with E-state index in [4.69, 9.17) is 5.73 Å². The zero-order valence-corrected chi connectivity index (χ0v) is 11.3. The van der Waals surface area contributed by atoms with E-state index in [0.717, 1.165) is 16.8 Å². The lowest BCUT2D eigenvalue weighted by Gasteiger charge is -2.19. The zero-order valence-electron chi connectivity index (χ0n) is 10.4. The zero-order chi connectivity index (χ0) is 13.4. The first-order valence-corrected chi connectivity index (χ1v) is 6.93.